The van der Waals surface area contributed by atoms with Crippen LogP contribution in [0.3, 0.4) is 0 Å². The maximum Gasteiger partial charge on any atom is 0.432 e. The van der Waals surface area contributed by atoms with Crippen molar-refractivity contribution < 1.29 is 13.2 Å². The number of pyridine rings is 1. The largest absolute Gasteiger partial charge is 0.432 e. The van der Waals surface area contributed by atoms with Crippen LogP contribution in [-0.4, -0.2) is 16.9 Å². The second kappa shape index (κ2) is 13.0. The van der Waals surface area contributed by atoms with Crippen molar-refractivity contribution in [3.63, 3.8) is 0 Å². The van der Waals surface area contributed by atoms with Crippen molar-refractivity contribution >= 4 is 28.5 Å². The summed E-state index contributed by atoms with van der Waals surface area (Å²) in [6.45, 7) is 0. The summed E-state index contributed by atoms with van der Waals surface area (Å²) < 4.78 is 38.5. The zero-order chi connectivity index (χ0) is 32.1. The quantitative estimate of drug-likeness (QED) is 0.169. The molecule has 0 bridgehead atoms. The molecule has 4 nitrogen and oxygen atoms in total. The Morgan fingerprint density at radius 2 is 0.978 bits per heavy atom. The highest BCUT2D eigenvalue weighted by molar-refractivity contribution is 6.01. The summed E-state index contributed by atoms with van der Waals surface area (Å²) in [6, 6.07) is 48.6. The monoisotopic (exact) mass is 610 g/mol. The van der Waals surface area contributed by atoms with Crippen LogP contribution in [0.2, 0.25) is 0 Å². The fourth-order valence-electron chi connectivity index (χ4n) is 5.20. The standard InChI is InChI=1S/C39H29F3N4/c40-39(41,42)38(44)26-36(43)37-25-32(23-24-45-37)31-17-21-35(22-18-31)46(33-9-5-2-6-10-33)34-19-15-30(16-20-34)29-13-11-28(12-14-29)27-7-3-1-4-8-27/h1-26,44H,43H2/b36-26-,44-38?. The molecule has 0 atom stereocenters. The lowest BCUT2D eigenvalue weighted by Gasteiger charge is -2.26. The second-order valence-corrected chi connectivity index (χ2v) is 10.6. The van der Waals surface area contributed by atoms with Crippen molar-refractivity contribution in [2.75, 3.05) is 4.90 Å². The van der Waals surface area contributed by atoms with Gasteiger partial charge in [0.15, 0.2) is 0 Å². The third kappa shape index (κ3) is 6.74. The van der Waals surface area contributed by atoms with Crippen LogP contribution < -0.4 is 10.6 Å². The predicted molar refractivity (Wildman–Crippen MR) is 181 cm³/mol. The van der Waals surface area contributed by atoms with E-state index in [-0.39, 0.29) is 11.4 Å². The van der Waals surface area contributed by atoms with Crippen LogP contribution in [0.4, 0.5) is 30.2 Å². The Morgan fingerprint density at radius 1 is 0.565 bits per heavy atom. The third-order valence-electron chi connectivity index (χ3n) is 7.59. The van der Waals surface area contributed by atoms with Gasteiger partial charge in [-0.3, -0.25) is 10.4 Å². The molecule has 0 radical (unpaired) electrons. The van der Waals surface area contributed by atoms with Crippen molar-refractivity contribution in [3.8, 4) is 33.4 Å². The normalized spacial score (nSPS) is 11.7. The highest BCUT2D eigenvalue weighted by Crippen LogP contribution is 2.37. The van der Waals surface area contributed by atoms with Gasteiger partial charge in [0, 0.05) is 23.3 Å². The molecule has 1 aromatic heterocycles. The molecule has 0 unspecified atom stereocenters. The molecular formula is C39H29F3N4. The molecule has 0 aliphatic carbocycles. The first kappa shape index (κ1) is 30.1. The van der Waals surface area contributed by atoms with E-state index >= 15 is 0 Å². The number of hydrogen-bond donors (Lipinski definition) is 2. The lowest BCUT2D eigenvalue weighted by atomic mass is 10.00. The average Bonchev–Trinajstić information content (AvgIpc) is 3.09. The van der Waals surface area contributed by atoms with Crippen molar-refractivity contribution in [3.05, 3.63) is 164 Å². The number of anilines is 3. The summed E-state index contributed by atoms with van der Waals surface area (Å²) in [5.41, 5.74) is 13.3. The molecule has 0 saturated heterocycles. The summed E-state index contributed by atoms with van der Waals surface area (Å²) in [7, 11) is 0. The zero-order valence-corrected chi connectivity index (χ0v) is 24.6. The van der Waals surface area contributed by atoms with Gasteiger partial charge in [0.25, 0.3) is 0 Å². The minimum absolute atomic E-state index is 0.163. The molecule has 0 spiro atoms. The highest BCUT2D eigenvalue weighted by atomic mass is 19.4. The van der Waals surface area contributed by atoms with Gasteiger partial charge < -0.3 is 10.6 Å². The number of benzene rings is 5. The van der Waals surface area contributed by atoms with Crippen LogP contribution in [-0.2, 0) is 0 Å². The van der Waals surface area contributed by atoms with Crippen LogP contribution in [0, 0.1) is 5.41 Å². The Morgan fingerprint density at radius 3 is 1.48 bits per heavy atom. The molecule has 0 fully saturated rings. The molecule has 46 heavy (non-hydrogen) atoms. The van der Waals surface area contributed by atoms with Crippen molar-refractivity contribution in [2.45, 2.75) is 6.18 Å². The molecule has 0 amide bonds. The van der Waals surface area contributed by atoms with Crippen molar-refractivity contribution in [2.24, 2.45) is 5.73 Å². The van der Waals surface area contributed by atoms with E-state index in [1.807, 2.05) is 72.8 Å². The molecule has 1 heterocycles. The first-order chi connectivity index (χ1) is 22.3. The predicted octanol–water partition coefficient (Wildman–Crippen LogP) is 10.4. The average molecular weight is 611 g/mol. The number of hydrogen-bond acceptors (Lipinski definition) is 4. The Labute approximate surface area is 265 Å². The number of nitrogens with two attached hydrogens (primary N) is 1. The molecule has 3 N–H and O–H groups in total. The third-order valence-corrected chi connectivity index (χ3v) is 7.59. The number of alkyl halides is 3. The summed E-state index contributed by atoms with van der Waals surface area (Å²) >= 11 is 0. The van der Waals surface area contributed by atoms with Gasteiger partial charge in [0.2, 0.25) is 0 Å². The molecule has 6 aromatic rings. The van der Waals surface area contributed by atoms with E-state index < -0.39 is 11.9 Å². The van der Waals surface area contributed by atoms with Crippen LogP contribution >= 0.6 is 0 Å². The molecular weight excluding hydrogens is 581 g/mol. The van der Waals surface area contributed by atoms with Gasteiger partial charge in [0.1, 0.15) is 5.71 Å². The number of para-hydroxylation sites is 1. The minimum Gasteiger partial charge on any atom is -0.397 e. The number of aromatic nitrogens is 1. The fraction of sp³-hybridized carbons (Fsp3) is 0.0256. The van der Waals surface area contributed by atoms with Gasteiger partial charge in [-0.1, -0.05) is 97.1 Å². The number of allylic oxidation sites excluding steroid dienone is 1. The van der Waals surface area contributed by atoms with Crippen LogP contribution in [0.5, 0.6) is 0 Å². The Hall–Kier alpha value is -5.95. The maximum absolute atomic E-state index is 12.8. The lowest BCUT2D eigenvalue weighted by Crippen LogP contribution is -2.20. The number of halogens is 3. The smallest absolute Gasteiger partial charge is 0.397 e. The number of nitrogens with zero attached hydrogens (tertiary/aromatic N) is 2. The first-order valence-corrected chi connectivity index (χ1v) is 14.6. The lowest BCUT2D eigenvalue weighted by molar-refractivity contribution is -0.0583. The first-order valence-electron chi connectivity index (χ1n) is 14.6. The van der Waals surface area contributed by atoms with Crippen LogP contribution in [0.15, 0.2) is 158 Å². The Kier molecular flexibility index (Phi) is 8.48. The van der Waals surface area contributed by atoms with Crippen LogP contribution in [0.25, 0.3) is 39.1 Å². The molecule has 6 rings (SSSR count). The minimum atomic E-state index is -4.78. The zero-order valence-electron chi connectivity index (χ0n) is 24.6. The van der Waals surface area contributed by atoms with E-state index in [4.69, 9.17) is 11.1 Å². The van der Waals surface area contributed by atoms with Crippen molar-refractivity contribution in [1.29, 1.82) is 5.41 Å². The van der Waals surface area contributed by atoms with Gasteiger partial charge >= 0.3 is 6.18 Å². The van der Waals surface area contributed by atoms with Gasteiger partial charge in [-0.2, -0.15) is 13.2 Å². The maximum atomic E-state index is 12.8. The SMILES string of the molecule is N=C(/C=C(\N)c1cc(-c2ccc(N(c3ccccc3)c3ccc(-c4ccc(-c5ccccc5)cc4)cc3)cc2)ccn1)C(F)(F)F. The van der Waals surface area contributed by atoms with E-state index in [0.717, 1.165) is 39.3 Å². The second-order valence-electron chi connectivity index (χ2n) is 10.6. The van der Waals surface area contributed by atoms with E-state index in [9.17, 15) is 13.2 Å². The number of rotatable bonds is 8. The van der Waals surface area contributed by atoms with Gasteiger partial charge in [0.05, 0.1) is 11.4 Å². The summed E-state index contributed by atoms with van der Waals surface area (Å²) in [6.07, 6.45) is -2.71. The topological polar surface area (TPSA) is 66.0 Å². The molecule has 0 aliphatic rings. The van der Waals surface area contributed by atoms with E-state index in [0.29, 0.717) is 6.08 Å². The van der Waals surface area contributed by atoms with Crippen LogP contribution in [0.1, 0.15) is 5.69 Å². The Balaban J connectivity index is 1.27. The summed E-state index contributed by atoms with van der Waals surface area (Å²) in [5, 5.41) is 7.22. The molecule has 0 aliphatic heterocycles. The Bertz CT molecular complexity index is 1970. The highest BCUT2D eigenvalue weighted by Gasteiger charge is 2.33. The van der Waals surface area contributed by atoms with E-state index in [1.165, 1.54) is 17.3 Å². The van der Waals surface area contributed by atoms with E-state index in [2.05, 4.69) is 70.5 Å². The van der Waals surface area contributed by atoms with Gasteiger partial charge in [-0.25, -0.2) is 0 Å². The fourth-order valence-corrected chi connectivity index (χ4v) is 5.20. The molecule has 5 aromatic carbocycles. The molecule has 7 heteroatoms. The summed E-state index contributed by atoms with van der Waals surface area (Å²) in [4.78, 5) is 6.27. The van der Waals surface area contributed by atoms with Gasteiger partial charge in [-0.15, -0.1) is 0 Å². The van der Waals surface area contributed by atoms with Crippen molar-refractivity contribution in [1.82, 2.24) is 4.98 Å². The van der Waals surface area contributed by atoms with E-state index in [1.54, 1.807) is 12.1 Å². The van der Waals surface area contributed by atoms with Gasteiger partial charge in [-0.05, 0) is 88.0 Å². The molecule has 0 saturated carbocycles. The molecule has 226 valence electrons. The number of nitrogens with one attached hydrogen (secondary N) is 1. The summed E-state index contributed by atoms with van der Waals surface area (Å²) in [5.74, 6) is 0.